The van der Waals surface area contributed by atoms with E-state index in [4.69, 9.17) is 0 Å². The van der Waals surface area contributed by atoms with Crippen LogP contribution in [0, 0.1) is 0 Å². The van der Waals surface area contributed by atoms with E-state index in [1.807, 2.05) is 0 Å². The lowest BCUT2D eigenvalue weighted by Crippen LogP contribution is -2.24. The fraction of sp³-hybridized carbons (Fsp3) is 0.444. The van der Waals surface area contributed by atoms with Crippen molar-refractivity contribution in [1.82, 2.24) is 30.7 Å². The van der Waals surface area contributed by atoms with Crippen molar-refractivity contribution in [3.05, 3.63) is 17.2 Å². The van der Waals surface area contributed by atoms with Gasteiger partial charge in [-0.25, -0.2) is 4.98 Å². The smallest absolute Gasteiger partial charge is 0.282 e. The molecule has 3 N–H and O–H groups in total. The average molecular weight is 267 g/mol. The lowest BCUT2D eigenvalue weighted by molar-refractivity contribution is 0.0952. The molecule has 2 aromatic rings. The summed E-state index contributed by atoms with van der Waals surface area (Å²) in [5.74, 6) is 0.615. The van der Waals surface area contributed by atoms with Crippen LogP contribution in [-0.4, -0.2) is 44.9 Å². The van der Waals surface area contributed by atoms with E-state index in [1.54, 1.807) is 7.05 Å². The quantitative estimate of drug-likeness (QED) is 0.639. The Balaban J connectivity index is 1.71. The van der Waals surface area contributed by atoms with Gasteiger partial charge in [0.25, 0.3) is 5.91 Å². The molecule has 2 aromatic heterocycles. The number of anilines is 1. The molecule has 0 aromatic carbocycles. The van der Waals surface area contributed by atoms with Gasteiger partial charge in [-0.1, -0.05) is 11.3 Å². The van der Waals surface area contributed by atoms with Crippen molar-refractivity contribution in [3.63, 3.8) is 0 Å². The van der Waals surface area contributed by atoms with E-state index in [2.05, 4.69) is 36.0 Å². The summed E-state index contributed by atoms with van der Waals surface area (Å²) in [6.07, 6.45) is 3.01. The maximum atomic E-state index is 11.7. The molecule has 0 aliphatic heterocycles. The molecular formula is C9H13N7OS. The first kappa shape index (κ1) is 12.4. The van der Waals surface area contributed by atoms with E-state index in [0.717, 1.165) is 18.7 Å². The minimum Gasteiger partial charge on any atom is -0.363 e. The van der Waals surface area contributed by atoms with Gasteiger partial charge in [0.15, 0.2) is 0 Å². The van der Waals surface area contributed by atoms with Crippen molar-refractivity contribution in [2.75, 3.05) is 18.9 Å². The summed E-state index contributed by atoms with van der Waals surface area (Å²) in [6.45, 7) is 0.563. The van der Waals surface area contributed by atoms with Crippen LogP contribution in [0.25, 0.3) is 0 Å². The first-order valence-corrected chi connectivity index (χ1v) is 6.25. The highest BCUT2D eigenvalue weighted by atomic mass is 32.1. The van der Waals surface area contributed by atoms with Gasteiger partial charge in [0.2, 0.25) is 10.1 Å². The van der Waals surface area contributed by atoms with Gasteiger partial charge in [-0.3, -0.25) is 9.89 Å². The zero-order chi connectivity index (χ0) is 12.8. The van der Waals surface area contributed by atoms with Crippen LogP contribution in [0.3, 0.4) is 0 Å². The second kappa shape index (κ2) is 6.05. The third kappa shape index (κ3) is 3.23. The summed E-state index contributed by atoms with van der Waals surface area (Å²) in [6, 6.07) is 0. The molecule has 0 saturated carbocycles. The standard InChI is InChI=1S/C9H13N7OS/c1-10-9-16-15-8(18-9)7(17)11-4-2-3-6-12-5-13-14-6/h5H,2-4H2,1H3,(H,10,16)(H,11,17)(H,12,13,14). The molecule has 2 rings (SSSR count). The predicted molar refractivity (Wildman–Crippen MR) is 66.5 cm³/mol. The third-order valence-corrected chi connectivity index (χ3v) is 3.11. The van der Waals surface area contributed by atoms with Crippen molar-refractivity contribution < 1.29 is 4.79 Å². The molecule has 0 radical (unpaired) electrons. The molecule has 0 spiro atoms. The zero-order valence-electron chi connectivity index (χ0n) is 9.80. The number of nitrogens with zero attached hydrogens (tertiary/aromatic N) is 4. The first-order valence-electron chi connectivity index (χ1n) is 5.43. The van der Waals surface area contributed by atoms with Crippen molar-refractivity contribution in [2.45, 2.75) is 12.8 Å². The summed E-state index contributed by atoms with van der Waals surface area (Å²) < 4.78 is 0. The maximum Gasteiger partial charge on any atom is 0.282 e. The number of hydrogen-bond acceptors (Lipinski definition) is 7. The SMILES string of the molecule is CNc1nnc(C(=O)NCCCc2ncn[nH]2)s1. The first-order chi connectivity index (χ1) is 8.79. The second-order valence-electron chi connectivity index (χ2n) is 3.45. The Kier molecular flexibility index (Phi) is 4.18. The number of carbonyl (C=O) groups is 1. The van der Waals surface area contributed by atoms with E-state index >= 15 is 0 Å². The minimum atomic E-state index is -0.202. The summed E-state index contributed by atoms with van der Waals surface area (Å²) in [7, 11) is 1.74. The molecule has 8 nitrogen and oxygen atoms in total. The summed E-state index contributed by atoms with van der Waals surface area (Å²) in [5, 5.41) is 20.7. The van der Waals surface area contributed by atoms with Gasteiger partial charge in [-0.2, -0.15) is 5.10 Å². The van der Waals surface area contributed by atoms with Crippen LogP contribution < -0.4 is 10.6 Å². The monoisotopic (exact) mass is 267 g/mol. The molecule has 9 heteroatoms. The lowest BCUT2D eigenvalue weighted by atomic mass is 10.3. The number of nitrogens with one attached hydrogen (secondary N) is 3. The van der Waals surface area contributed by atoms with Crippen LogP contribution in [0.1, 0.15) is 22.0 Å². The van der Waals surface area contributed by atoms with Crippen molar-refractivity contribution in [2.24, 2.45) is 0 Å². The van der Waals surface area contributed by atoms with Gasteiger partial charge < -0.3 is 10.6 Å². The summed E-state index contributed by atoms with van der Waals surface area (Å²) in [4.78, 5) is 15.7. The van der Waals surface area contributed by atoms with Crippen molar-refractivity contribution >= 4 is 22.4 Å². The second-order valence-corrected chi connectivity index (χ2v) is 4.43. The van der Waals surface area contributed by atoms with Crippen LogP contribution in [0.15, 0.2) is 6.33 Å². The van der Waals surface area contributed by atoms with Crippen LogP contribution in [0.2, 0.25) is 0 Å². The van der Waals surface area contributed by atoms with Crippen LogP contribution in [0.4, 0.5) is 5.13 Å². The highest BCUT2D eigenvalue weighted by Gasteiger charge is 2.11. The van der Waals surface area contributed by atoms with Gasteiger partial charge in [-0.05, 0) is 6.42 Å². The van der Waals surface area contributed by atoms with Gasteiger partial charge in [-0.15, -0.1) is 10.2 Å². The van der Waals surface area contributed by atoms with Gasteiger partial charge >= 0.3 is 0 Å². The van der Waals surface area contributed by atoms with Crippen molar-refractivity contribution in [3.8, 4) is 0 Å². The van der Waals surface area contributed by atoms with Gasteiger partial charge in [0.05, 0.1) is 0 Å². The summed E-state index contributed by atoms with van der Waals surface area (Å²) in [5.41, 5.74) is 0. The highest BCUT2D eigenvalue weighted by Crippen LogP contribution is 2.13. The molecule has 96 valence electrons. The molecule has 0 saturated heterocycles. The van der Waals surface area contributed by atoms with E-state index in [-0.39, 0.29) is 5.91 Å². The number of carbonyl (C=O) groups excluding carboxylic acids is 1. The molecule has 0 atom stereocenters. The largest absolute Gasteiger partial charge is 0.363 e. The predicted octanol–water partition coefficient (Wildman–Crippen LogP) is 0.0605. The van der Waals surface area contributed by atoms with Crippen LogP contribution in [-0.2, 0) is 6.42 Å². The molecule has 0 aliphatic carbocycles. The van der Waals surface area contributed by atoms with Gasteiger partial charge in [0.1, 0.15) is 12.2 Å². The Hall–Kier alpha value is -2.03. The number of rotatable bonds is 6. The lowest BCUT2D eigenvalue weighted by Gasteiger charge is -2.00. The minimum absolute atomic E-state index is 0.202. The number of hydrogen-bond donors (Lipinski definition) is 3. The number of aryl methyl sites for hydroxylation is 1. The van der Waals surface area contributed by atoms with E-state index in [1.165, 1.54) is 17.7 Å². The molecule has 1 amide bonds. The van der Waals surface area contributed by atoms with Gasteiger partial charge in [0, 0.05) is 20.0 Å². The number of H-pyrrole nitrogens is 1. The Morgan fingerprint density at radius 3 is 3.06 bits per heavy atom. The molecule has 2 heterocycles. The Morgan fingerprint density at radius 1 is 1.50 bits per heavy atom. The number of aromatic nitrogens is 5. The molecule has 0 fully saturated rings. The van der Waals surface area contributed by atoms with Crippen LogP contribution in [0.5, 0.6) is 0 Å². The van der Waals surface area contributed by atoms with E-state index in [0.29, 0.717) is 16.7 Å². The van der Waals surface area contributed by atoms with E-state index < -0.39 is 0 Å². The Morgan fingerprint density at radius 2 is 2.39 bits per heavy atom. The Labute approximate surface area is 107 Å². The number of amides is 1. The normalized spacial score (nSPS) is 10.3. The molecule has 0 aliphatic rings. The highest BCUT2D eigenvalue weighted by molar-refractivity contribution is 7.17. The Bertz CT molecular complexity index is 495. The summed E-state index contributed by atoms with van der Waals surface area (Å²) >= 11 is 1.22. The zero-order valence-corrected chi connectivity index (χ0v) is 10.6. The molecular weight excluding hydrogens is 254 g/mol. The molecule has 18 heavy (non-hydrogen) atoms. The molecule has 0 unspecified atom stereocenters. The topological polar surface area (TPSA) is 108 Å². The van der Waals surface area contributed by atoms with E-state index in [9.17, 15) is 4.79 Å². The average Bonchev–Trinajstić information content (AvgIpc) is 3.05. The maximum absolute atomic E-state index is 11.7. The fourth-order valence-corrected chi connectivity index (χ4v) is 1.91. The molecule has 0 bridgehead atoms. The third-order valence-electron chi connectivity index (χ3n) is 2.17. The number of aromatic amines is 1. The van der Waals surface area contributed by atoms with Crippen LogP contribution >= 0.6 is 11.3 Å². The fourth-order valence-electron chi connectivity index (χ4n) is 1.30. The van der Waals surface area contributed by atoms with Crippen molar-refractivity contribution in [1.29, 1.82) is 0 Å².